The van der Waals surface area contributed by atoms with Crippen molar-refractivity contribution in [3.8, 4) is 11.8 Å². The van der Waals surface area contributed by atoms with Crippen LogP contribution < -0.4 is 0 Å². The molecule has 0 aromatic heterocycles. The maximum atomic E-state index is 3.09. The highest BCUT2D eigenvalue weighted by Gasteiger charge is 1.86. The third-order valence-corrected chi connectivity index (χ3v) is 2.42. The van der Waals surface area contributed by atoms with Gasteiger partial charge in [0.25, 0.3) is 0 Å². The molecule has 0 N–H and O–H groups in total. The molecule has 0 rings (SSSR count). The first-order chi connectivity index (χ1) is 10.9. The molecule has 0 unspecified atom stereocenters. The van der Waals surface area contributed by atoms with E-state index in [0.717, 1.165) is 0 Å². The summed E-state index contributed by atoms with van der Waals surface area (Å²) in [6, 6.07) is 0. The van der Waals surface area contributed by atoms with Crippen LogP contribution in [-0.4, -0.2) is 0 Å². The highest BCUT2D eigenvalue weighted by molar-refractivity contribution is 5.03. The lowest BCUT2D eigenvalue weighted by molar-refractivity contribution is 0.780. The van der Waals surface area contributed by atoms with Crippen LogP contribution in [0.25, 0.3) is 0 Å². The van der Waals surface area contributed by atoms with E-state index in [9.17, 15) is 0 Å². The van der Waals surface area contributed by atoms with Gasteiger partial charge in [-0.1, -0.05) is 107 Å². The molecule has 0 aromatic rings. The van der Waals surface area contributed by atoms with Crippen LogP contribution in [0.2, 0.25) is 0 Å². The molecule has 0 radical (unpaired) electrons. The van der Waals surface area contributed by atoms with E-state index in [1.807, 2.05) is 0 Å². The van der Waals surface area contributed by atoms with Gasteiger partial charge in [0.2, 0.25) is 0 Å². The predicted molar refractivity (Wildman–Crippen MR) is 115 cm³/mol. The van der Waals surface area contributed by atoms with Crippen molar-refractivity contribution in [2.45, 2.75) is 83.1 Å². The van der Waals surface area contributed by atoms with E-state index in [1.165, 1.54) is 0 Å². The lowest BCUT2D eigenvalue weighted by Gasteiger charge is -1.95. The molecule has 0 saturated carbocycles. The lowest BCUT2D eigenvalue weighted by atomic mass is 10.1. The predicted octanol–water partition coefficient (Wildman–Crippen LogP) is 8.01. The Balaban J connectivity index is -0.000000276. The summed E-state index contributed by atoms with van der Waals surface area (Å²) in [5.41, 5.74) is 0. The van der Waals surface area contributed by atoms with E-state index in [2.05, 4.69) is 119 Å². The average Bonchev–Trinajstić information content (AvgIpc) is 2.42. The fourth-order valence-electron chi connectivity index (χ4n) is 1.22. The number of hydrogen-bond donors (Lipinski definition) is 0. The molecule has 24 heavy (non-hydrogen) atoms. The van der Waals surface area contributed by atoms with Gasteiger partial charge in [0.1, 0.15) is 0 Å². The zero-order valence-corrected chi connectivity index (χ0v) is 18.8. The Morgan fingerprint density at radius 2 is 0.542 bits per heavy atom. The largest absolute Gasteiger partial charge is 0.100 e. The lowest BCUT2D eigenvalue weighted by Crippen LogP contribution is -1.82. The van der Waals surface area contributed by atoms with Gasteiger partial charge in [-0.15, -0.1) is 11.8 Å². The average molecular weight is 335 g/mol. The van der Waals surface area contributed by atoms with Crippen LogP contribution in [0.4, 0.5) is 0 Å². The molecule has 0 saturated heterocycles. The molecule has 0 nitrogen and oxygen atoms in total. The summed E-state index contributed by atoms with van der Waals surface area (Å²) in [5, 5.41) is 0. The molecule has 0 atom stereocenters. The maximum Gasteiger partial charge on any atom is 0.0146 e. The highest BCUT2D eigenvalue weighted by Crippen LogP contribution is 1.99. The minimum atomic E-state index is 0.525. The molecule has 0 bridgehead atoms. The van der Waals surface area contributed by atoms with Crippen LogP contribution in [0.5, 0.6) is 0 Å². The van der Waals surface area contributed by atoms with E-state index in [4.69, 9.17) is 0 Å². The topological polar surface area (TPSA) is 0 Å². The summed E-state index contributed by atoms with van der Waals surface area (Å²) in [6.07, 6.45) is 8.96. The molecule has 0 heterocycles. The fourth-order valence-corrected chi connectivity index (χ4v) is 1.22. The first-order valence-corrected chi connectivity index (χ1v) is 9.76. The maximum absolute atomic E-state index is 3.09. The molecule has 0 spiro atoms. The highest BCUT2D eigenvalue weighted by atomic mass is 13.9. The van der Waals surface area contributed by atoms with Crippen molar-refractivity contribution in [3.05, 3.63) is 24.3 Å². The van der Waals surface area contributed by atoms with Gasteiger partial charge >= 0.3 is 0 Å². The summed E-state index contributed by atoms with van der Waals surface area (Å²) < 4.78 is 0. The van der Waals surface area contributed by atoms with Crippen molar-refractivity contribution in [2.24, 2.45) is 35.5 Å². The second-order valence-corrected chi connectivity index (χ2v) is 8.34. The smallest absolute Gasteiger partial charge is 0.0146 e. The van der Waals surface area contributed by atoms with Gasteiger partial charge in [-0.05, 0) is 23.7 Å². The van der Waals surface area contributed by atoms with Crippen LogP contribution in [-0.2, 0) is 0 Å². The standard InChI is InChI=1S/2C8H16.C8H14/c3*1-7(2)5-6-8(3)4/h2*5-8H,1-4H3;7-8H,1-4H3/b6-5+;6-5-;. The van der Waals surface area contributed by atoms with Crippen LogP contribution >= 0.6 is 0 Å². The van der Waals surface area contributed by atoms with Gasteiger partial charge < -0.3 is 0 Å². The Hall–Kier alpha value is -0.960. The fraction of sp³-hybridized carbons (Fsp3) is 0.750. The third-order valence-electron chi connectivity index (χ3n) is 2.42. The Labute approximate surface area is 155 Å². The second-order valence-electron chi connectivity index (χ2n) is 8.34. The number of hydrogen-bond acceptors (Lipinski definition) is 0. The Morgan fingerprint density at radius 1 is 0.375 bits per heavy atom. The van der Waals surface area contributed by atoms with Crippen molar-refractivity contribution in [1.82, 2.24) is 0 Å². The Kier molecular flexibility index (Phi) is 21.3. The van der Waals surface area contributed by atoms with Gasteiger partial charge in [0.05, 0.1) is 0 Å². The van der Waals surface area contributed by atoms with Gasteiger partial charge in [-0.25, -0.2) is 0 Å². The van der Waals surface area contributed by atoms with Crippen LogP contribution in [0.1, 0.15) is 83.1 Å². The Bertz CT molecular complexity index is 297. The minimum absolute atomic E-state index is 0.525. The molecular weight excluding hydrogens is 288 g/mol. The van der Waals surface area contributed by atoms with Gasteiger partial charge in [0.15, 0.2) is 0 Å². The molecule has 0 aliphatic heterocycles. The number of allylic oxidation sites excluding steroid dienone is 4. The van der Waals surface area contributed by atoms with Gasteiger partial charge in [0, 0.05) is 11.8 Å². The van der Waals surface area contributed by atoms with Crippen LogP contribution in [0.15, 0.2) is 24.3 Å². The summed E-state index contributed by atoms with van der Waals surface area (Å²) in [7, 11) is 0. The normalized spacial score (nSPS) is 11.2. The number of rotatable bonds is 4. The van der Waals surface area contributed by atoms with Gasteiger partial charge in [-0.3, -0.25) is 0 Å². The second kappa shape index (κ2) is 18.4. The summed E-state index contributed by atoms with van der Waals surface area (Å²) in [6.45, 7) is 26.0. The van der Waals surface area contributed by atoms with Crippen LogP contribution in [0, 0.1) is 47.3 Å². The first-order valence-electron chi connectivity index (χ1n) is 9.76. The van der Waals surface area contributed by atoms with Crippen molar-refractivity contribution < 1.29 is 0 Å². The molecule has 0 aliphatic rings. The quantitative estimate of drug-likeness (QED) is 0.361. The Morgan fingerprint density at radius 3 is 0.625 bits per heavy atom. The van der Waals surface area contributed by atoms with Crippen molar-refractivity contribution in [2.75, 3.05) is 0 Å². The van der Waals surface area contributed by atoms with Crippen molar-refractivity contribution in [3.63, 3.8) is 0 Å². The third kappa shape index (κ3) is 42.9. The first kappa shape index (κ1) is 27.9. The van der Waals surface area contributed by atoms with E-state index in [-0.39, 0.29) is 0 Å². The molecule has 0 amide bonds. The summed E-state index contributed by atoms with van der Waals surface area (Å²) in [5.74, 6) is 10.1. The SMILES string of the molecule is CC(C)/C=C/C(C)C.CC(C)/C=C\C(C)C.CC(C)C#CC(C)C. The monoisotopic (exact) mass is 334 g/mol. The molecule has 0 fully saturated rings. The van der Waals surface area contributed by atoms with E-state index in [1.54, 1.807) is 0 Å². The molecule has 0 heteroatoms. The molecular formula is C24H46. The summed E-state index contributed by atoms with van der Waals surface area (Å²) >= 11 is 0. The molecule has 142 valence electrons. The van der Waals surface area contributed by atoms with Crippen LogP contribution in [0.3, 0.4) is 0 Å². The minimum Gasteiger partial charge on any atom is -0.100 e. The van der Waals surface area contributed by atoms with E-state index in [0.29, 0.717) is 35.5 Å². The molecule has 0 aliphatic carbocycles. The zero-order valence-electron chi connectivity index (χ0n) is 18.8. The van der Waals surface area contributed by atoms with Gasteiger partial charge in [-0.2, -0.15) is 0 Å². The van der Waals surface area contributed by atoms with E-state index < -0.39 is 0 Å². The molecule has 0 aromatic carbocycles. The zero-order chi connectivity index (χ0) is 19.7. The van der Waals surface area contributed by atoms with Crippen molar-refractivity contribution in [1.29, 1.82) is 0 Å². The van der Waals surface area contributed by atoms with E-state index >= 15 is 0 Å². The summed E-state index contributed by atoms with van der Waals surface area (Å²) in [4.78, 5) is 0. The van der Waals surface area contributed by atoms with Crippen molar-refractivity contribution >= 4 is 0 Å².